The standard InChI is InChI=1S/C21H27F2NO/c1-2-3-4-5-6-8-15-11-12-17(20(23)19(15)22)18-10-7-9-16(13-14-25)21(18)24/h7,9-12,25H,2-6,8,13-14,24H2,1H3. The van der Waals surface area contributed by atoms with Gasteiger partial charge >= 0.3 is 0 Å². The van der Waals surface area contributed by atoms with E-state index in [0.717, 1.165) is 31.2 Å². The van der Waals surface area contributed by atoms with Crippen molar-refractivity contribution >= 4 is 5.69 Å². The SMILES string of the molecule is CCCCCCCc1ccc(-c2cccc(CCO)c2N)c(F)c1F. The van der Waals surface area contributed by atoms with Gasteiger partial charge in [0, 0.05) is 23.4 Å². The van der Waals surface area contributed by atoms with Crippen molar-refractivity contribution in [3.05, 3.63) is 53.1 Å². The number of hydrogen-bond acceptors (Lipinski definition) is 2. The lowest BCUT2D eigenvalue weighted by atomic mass is 9.96. The second kappa shape index (κ2) is 9.52. The molecule has 0 spiro atoms. The van der Waals surface area contributed by atoms with Gasteiger partial charge < -0.3 is 10.8 Å². The van der Waals surface area contributed by atoms with Crippen molar-refractivity contribution in [1.82, 2.24) is 0 Å². The fourth-order valence-corrected chi connectivity index (χ4v) is 3.10. The number of nitrogen functional groups attached to an aromatic ring is 1. The van der Waals surface area contributed by atoms with Crippen LogP contribution in [0, 0.1) is 11.6 Å². The summed E-state index contributed by atoms with van der Waals surface area (Å²) in [5.41, 5.74) is 8.27. The molecule has 0 saturated carbocycles. The van der Waals surface area contributed by atoms with Crippen LogP contribution in [0.1, 0.15) is 50.2 Å². The van der Waals surface area contributed by atoms with Crippen LogP contribution >= 0.6 is 0 Å². The van der Waals surface area contributed by atoms with Crippen molar-refractivity contribution < 1.29 is 13.9 Å². The van der Waals surface area contributed by atoms with E-state index in [9.17, 15) is 8.78 Å². The molecular formula is C21H27F2NO. The summed E-state index contributed by atoms with van der Waals surface area (Å²) in [5.74, 6) is -1.63. The van der Waals surface area contributed by atoms with Gasteiger partial charge in [0.1, 0.15) is 0 Å². The highest BCUT2D eigenvalue weighted by Crippen LogP contribution is 2.33. The van der Waals surface area contributed by atoms with E-state index in [2.05, 4.69) is 6.92 Å². The summed E-state index contributed by atoms with van der Waals surface area (Å²) >= 11 is 0. The first-order valence-electron chi connectivity index (χ1n) is 9.05. The number of aryl methyl sites for hydroxylation is 1. The van der Waals surface area contributed by atoms with Gasteiger partial charge in [-0.2, -0.15) is 0 Å². The second-order valence-electron chi connectivity index (χ2n) is 6.42. The van der Waals surface area contributed by atoms with E-state index in [0.29, 0.717) is 29.7 Å². The number of aliphatic hydroxyl groups excluding tert-OH is 1. The molecule has 4 heteroatoms. The molecule has 0 aliphatic heterocycles. The molecule has 0 aliphatic rings. The smallest absolute Gasteiger partial charge is 0.166 e. The number of nitrogens with two attached hydrogens (primary N) is 1. The Hall–Kier alpha value is -1.94. The minimum absolute atomic E-state index is 0.0402. The normalized spacial score (nSPS) is 11.0. The molecule has 0 atom stereocenters. The Morgan fingerprint density at radius 1 is 0.840 bits per heavy atom. The lowest BCUT2D eigenvalue weighted by Crippen LogP contribution is -2.02. The van der Waals surface area contributed by atoms with Gasteiger partial charge in [0.05, 0.1) is 0 Å². The van der Waals surface area contributed by atoms with Gasteiger partial charge in [0.2, 0.25) is 0 Å². The van der Waals surface area contributed by atoms with Gasteiger partial charge in [-0.1, -0.05) is 62.9 Å². The largest absolute Gasteiger partial charge is 0.398 e. The molecule has 2 nitrogen and oxygen atoms in total. The highest BCUT2D eigenvalue weighted by molar-refractivity contribution is 5.79. The van der Waals surface area contributed by atoms with Crippen molar-refractivity contribution in [2.24, 2.45) is 0 Å². The Morgan fingerprint density at radius 3 is 2.32 bits per heavy atom. The Morgan fingerprint density at radius 2 is 1.60 bits per heavy atom. The monoisotopic (exact) mass is 347 g/mol. The highest BCUT2D eigenvalue weighted by Gasteiger charge is 2.17. The summed E-state index contributed by atoms with van der Waals surface area (Å²) in [5, 5.41) is 9.09. The third kappa shape index (κ3) is 4.79. The van der Waals surface area contributed by atoms with Crippen LogP contribution in [0.2, 0.25) is 0 Å². The fourth-order valence-electron chi connectivity index (χ4n) is 3.10. The zero-order chi connectivity index (χ0) is 18.2. The number of para-hydroxylation sites is 1. The maximum Gasteiger partial charge on any atom is 0.166 e. The summed E-state index contributed by atoms with van der Waals surface area (Å²) < 4.78 is 29.0. The minimum atomic E-state index is -0.848. The number of rotatable bonds is 9. The van der Waals surface area contributed by atoms with E-state index in [-0.39, 0.29) is 12.2 Å². The third-order valence-electron chi connectivity index (χ3n) is 4.58. The Kier molecular flexibility index (Phi) is 7.38. The van der Waals surface area contributed by atoms with E-state index in [1.165, 1.54) is 6.42 Å². The molecule has 0 bridgehead atoms. The first kappa shape index (κ1) is 19.4. The summed E-state index contributed by atoms with van der Waals surface area (Å²) in [7, 11) is 0. The molecule has 0 fully saturated rings. The van der Waals surface area contributed by atoms with Crippen LogP contribution in [0.3, 0.4) is 0 Å². The first-order valence-corrected chi connectivity index (χ1v) is 9.05. The van der Waals surface area contributed by atoms with E-state index in [1.54, 1.807) is 30.3 Å². The molecule has 0 radical (unpaired) electrons. The molecule has 0 aromatic heterocycles. The molecule has 0 aliphatic carbocycles. The predicted molar refractivity (Wildman–Crippen MR) is 99.5 cm³/mol. The zero-order valence-corrected chi connectivity index (χ0v) is 14.8. The van der Waals surface area contributed by atoms with E-state index in [1.807, 2.05) is 0 Å². The lowest BCUT2D eigenvalue weighted by molar-refractivity contribution is 0.300. The summed E-state index contributed by atoms with van der Waals surface area (Å²) in [6.45, 7) is 2.11. The molecular weight excluding hydrogens is 320 g/mol. The van der Waals surface area contributed by atoms with Gasteiger partial charge in [-0.25, -0.2) is 8.78 Å². The fraction of sp³-hybridized carbons (Fsp3) is 0.429. The van der Waals surface area contributed by atoms with E-state index in [4.69, 9.17) is 10.8 Å². The average Bonchev–Trinajstić information content (AvgIpc) is 2.61. The third-order valence-corrected chi connectivity index (χ3v) is 4.58. The zero-order valence-electron chi connectivity index (χ0n) is 14.8. The highest BCUT2D eigenvalue weighted by atomic mass is 19.2. The van der Waals surface area contributed by atoms with Crippen LogP contribution in [0.25, 0.3) is 11.1 Å². The van der Waals surface area contributed by atoms with Crippen molar-refractivity contribution in [3.8, 4) is 11.1 Å². The molecule has 0 heterocycles. The van der Waals surface area contributed by atoms with Crippen LogP contribution < -0.4 is 5.73 Å². The van der Waals surface area contributed by atoms with Crippen LogP contribution in [0.15, 0.2) is 30.3 Å². The van der Waals surface area contributed by atoms with Crippen LogP contribution in [0.5, 0.6) is 0 Å². The minimum Gasteiger partial charge on any atom is -0.398 e. The molecule has 0 saturated heterocycles. The van der Waals surface area contributed by atoms with Crippen molar-refractivity contribution in [3.63, 3.8) is 0 Å². The first-order chi connectivity index (χ1) is 12.1. The van der Waals surface area contributed by atoms with Crippen molar-refractivity contribution in [2.45, 2.75) is 51.9 Å². The van der Waals surface area contributed by atoms with E-state index < -0.39 is 11.6 Å². The molecule has 2 aromatic rings. The Bertz CT molecular complexity index is 701. The molecule has 2 rings (SSSR count). The molecule has 136 valence electrons. The summed E-state index contributed by atoms with van der Waals surface area (Å²) in [4.78, 5) is 0. The molecule has 3 N–H and O–H groups in total. The van der Waals surface area contributed by atoms with E-state index >= 15 is 0 Å². The molecule has 0 unspecified atom stereocenters. The van der Waals surface area contributed by atoms with Gasteiger partial charge in [0.15, 0.2) is 11.6 Å². The van der Waals surface area contributed by atoms with Crippen molar-refractivity contribution in [1.29, 1.82) is 0 Å². The van der Waals surface area contributed by atoms with Crippen LogP contribution in [0.4, 0.5) is 14.5 Å². The predicted octanol–water partition coefficient (Wildman–Crippen LogP) is 5.26. The molecule has 2 aromatic carbocycles. The quantitative estimate of drug-likeness (QED) is 0.480. The number of benzene rings is 2. The van der Waals surface area contributed by atoms with Crippen molar-refractivity contribution in [2.75, 3.05) is 12.3 Å². The van der Waals surface area contributed by atoms with Gasteiger partial charge in [-0.05, 0) is 30.4 Å². The Balaban J connectivity index is 2.21. The number of halogens is 2. The van der Waals surface area contributed by atoms with Crippen LogP contribution in [-0.4, -0.2) is 11.7 Å². The topological polar surface area (TPSA) is 46.2 Å². The molecule has 25 heavy (non-hydrogen) atoms. The van der Waals surface area contributed by atoms with Gasteiger partial charge in [0.25, 0.3) is 0 Å². The summed E-state index contributed by atoms with van der Waals surface area (Å²) in [6, 6.07) is 8.47. The maximum absolute atomic E-state index is 14.6. The summed E-state index contributed by atoms with van der Waals surface area (Å²) in [6.07, 6.45) is 6.31. The number of hydrogen-bond donors (Lipinski definition) is 2. The number of aliphatic hydroxyl groups is 1. The average molecular weight is 347 g/mol. The van der Waals surface area contributed by atoms with Crippen LogP contribution in [-0.2, 0) is 12.8 Å². The molecule has 0 amide bonds. The maximum atomic E-state index is 14.6. The number of unbranched alkanes of at least 4 members (excludes halogenated alkanes) is 4. The lowest BCUT2D eigenvalue weighted by Gasteiger charge is -2.13. The Labute approximate surface area is 148 Å². The van der Waals surface area contributed by atoms with Gasteiger partial charge in [-0.3, -0.25) is 0 Å². The number of anilines is 1. The van der Waals surface area contributed by atoms with Gasteiger partial charge in [-0.15, -0.1) is 0 Å². The second-order valence-corrected chi connectivity index (χ2v) is 6.42.